The van der Waals surface area contributed by atoms with Crippen molar-refractivity contribution >= 4 is 18.4 Å². The lowest BCUT2D eigenvalue weighted by Crippen LogP contribution is -1.96. The number of H-pyrrole nitrogens is 1. The molecule has 1 heterocycles. The number of ether oxygens (including phenoxy) is 1. The summed E-state index contributed by atoms with van der Waals surface area (Å²) in [5.74, 6) is 1.48. The maximum atomic E-state index is 5.46. The Kier molecular flexibility index (Phi) is 4.86. The Hall–Kier alpha value is -2.73. The second-order valence-electron chi connectivity index (χ2n) is 5.28. The molecule has 0 spiro atoms. The van der Waals surface area contributed by atoms with Crippen LogP contribution in [0.15, 0.2) is 53.6 Å². The third-order valence-electron chi connectivity index (χ3n) is 3.44. The van der Waals surface area contributed by atoms with Gasteiger partial charge in [0.2, 0.25) is 4.77 Å². The van der Waals surface area contributed by atoms with Crippen LogP contribution in [0.2, 0.25) is 0 Å². The second kappa shape index (κ2) is 7.23. The average molecular weight is 338 g/mol. The highest BCUT2D eigenvalue weighted by Gasteiger charge is 2.08. The number of aromatic nitrogens is 3. The van der Waals surface area contributed by atoms with E-state index in [-0.39, 0.29) is 0 Å². The summed E-state index contributed by atoms with van der Waals surface area (Å²) in [4.78, 5) is 0. The first-order chi connectivity index (χ1) is 11.7. The van der Waals surface area contributed by atoms with Crippen molar-refractivity contribution < 1.29 is 4.74 Å². The topological polar surface area (TPSA) is 55.2 Å². The van der Waals surface area contributed by atoms with Crippen LogP contribution in [-0.4, -0.2) is 27.7 Å². The minimum atomic E-state index is 0.447. The van der Waals surface area contributed by atoms with E-state index in [0.29, 0.717) is 17.2 Å². The maximum Gasteiger partial charge on any atom is 0.216 e. The van der Waals surface area contributed by atoms with Gasteiger partial charge in [-0.2, -0.15) is 14.9 Å². The molecule has 122 valence electrons. The van der Waals surface area contributed by atoms with Crippen molar-refractivity contribution in [2.45, 2.75) is 13.8 Å². The van der Waals surface area contributed by atoms with E-state index in [4.69, 9.17) is 17.0 Å². The molecule has 0 aliphatic rings. The van der Waals surface area contributed by atoms with E-state index >= 15 is 0 Å². The van der Waals surface area contributed by atoms with E-state index in [1.54, 1.807) is 10.9 Å². The molecule has 0 atom stereocenters. The maximum absolute atomic E-state index is 5.46. The van der Waals surface area contributed by atoms with Gasteiger partial charge in [0.05, 0.1) is 12.8 Å². The van der Waals surface area contributed by atoms with E-state index in [9.17, 15) is 0 Å². The molecule has 0 saturated heterocycles. The van der Waals surface area contributed by atoms with Crippen molar-refractivity contribution in [3.63, 3.8) is 0 Å². The fraction of sp³-hybridized carbons (Fsp3) is 0.167. The van der Waals surface area contributed by atoms with Gasteiger partial charge in [0.25, 0.3) is 0 Å². The van der Waals surface area contributed by atoms with Crippen molar-refractivity contribution in [1.29, 1.82) is 0 Å². The molecule has 0 unspecified atom stereocenters. The summed E-state index contributed by atoms with van der Waals surface area (Å²) in [5.41, 5.74) is 3.10. The number of benzene rings is 2. The first kappa shape index (κ1) is 16.1. The van der Waals surface area contributed by atoms with Crippen LogP contribution < -0.4 is 4.74 Å². The smallest absolute Gasteiger partial charge is 0.216 e. The number of aryl methyl sites for hydroxylation is 1. The highest BCUT2D eigenvalue weighted by atomic mass is 32.1. The van der Waals surface area contributed by atoms with Gasteiger partial charge >= 0.3 is 0 Å². The Morgan fingerprint density at radius 3 is 2.75 bits per heavy atom. The summed E-state index contributed by atoms with van der Waals surface area (Å²) in [6, 6.07) is 15.8. The molecule has 0 aliphatic heterocycles. The third kappa shape index (κ3) is 3.60. The molecule has 3 aromatic rings. The molecule has 0 amide bonds. The van der Waals surface area contributed by atoms with E-state index in [1.807, 2.05) is 56.3 Å². The van der Waals surface area contributed by atoms with Gasteiger partial charge in [-0.1, -0.05) is 29.8 Å². The van der Waals surface area contributed by atoms with Crippen LogP contribution in [0.3, 0.4) is 0 Å². The highest BCUT2D eigenvalue weighted by Crippen LogP contribution is 2.21. The van der Waals surface area contributed by atoms with Gasteiger partial charge in [-0.05, 0) is 55.9 Å². The minimum Gasteiger partial charge on any atom is -0.494 e. The Labute approximate surface area is 145 Å². The minimum absolute atomic E-state index is 0.447. The average Bonchev–Trinajstić information content (AvgIpc) is 2.95. The molecule has 0 fully saturated rings. The predicted octanol–water partition coefficient (Wildman–Crippen LogP) is 4.20. The van der Waals surface area contributed by atoms with Crippen LogP contribution in [0.1, 0.15) is 18.1 Å². The van der Waals surface area contributed by atoms with Gasteiger partial charge in [0, 0.05) is 5.56 Å². The SMILES string of the molecule is CCOc1ccc(-c2n[nH]c(=S)n2/N=C/c2cccc(C)c2)cc1. The van der Waals surface area contributed by atoms with Crippen molar-refractivity contribution in [2.75, 3.05) is 6.61 Å². The highest BCUT2D eigenvalue weighted by molar-refractivity contribution is 7.71. The van der Waals surface area contributed by atoms with Crippen molar-refractivity contribution in [1.82, 2.24) is 14.9 Å². The predicted molar refractivity (Wildman–Crippen MR) is 98.2 cm³/mol. The second-order valence-corrected chi connectivity index (χ2v) is 5.67. The zero-order chi connectivity index (χ0) is 16.9. The van der Waals surface area contributed by atoms with Crippen LogP contribution >= 0.6 is 12.2 Å². The first-order valence-electron chi connectivity index (χ1n) is 7.69. The monoisotopic (exact) mass is 338 g/mol. The summed E-state index contributed by atoms with van der Waals surface area (Å²) in [7, 11) is 0. The number of hydrogen-bond acceptors (Lipinski definition) is 4. The van der Waals surface area contributed by atoms with Crippen LogP contribution in [-0.2, 0) is 0 Å². The molecule has 3 rings (SSSR count). The Bertz CT molecular complexity index is 909. The number of aromatic amines is 1. The lowest BCUT2D eigenvalue weighted by molar-refractivity contribution is 0.340. The fourth-order valence-corrected chi connectivity index (χ4v) is 2.51. The first-order valence-corrected chi connectivity index (χ1v) is 8.10. The molecular formula is C18H18N4OS. The Morgan fingerprint density at radius 1 is 1.25 bits per heavy atom. The molecule has 0 saturated carbocycles. The number of nitrogens with zero attached hydrogens (tertiary/aromatic N) is 3. The van der Waals surface area contributed by atoms with Crippen LogP contribution in [0.5, 0.6) is 5.75 Å². The number of hydrogen-bond donors (Lipinski definition) is 1. The van der Waals surface area contributed by atoms with E-state index in [2.05, 4.69) is 21.4 Å². The molecule has 0 aliphatic carbocycles. The van der Waals surface area contributed by atoms with Crippen molar-refractivity contribution in [3.05, 3.63) is 64.4 Å². The normalized spacial score (nSPS) is 11.1. The zero-order valence-electron chi connectivity index (χ0n) is 13.6. The Balaban J connectivity index is 1.92. The molecule has 2 aromatic carbocycles. The standard InChI is InChI=1S/C18H18N4OS/c1-3-23-16-9-7-15(8-10-16)17-20-21-18(24)22(17)19-12-14-6-4-5-13(2)11-14/h4-12H,3H2,1-2H3,(H,21,24)/b19-12+. The third-order valence-corrected chi connectivity index (χ3v) is 3.70. The number of rotatable bonds is 5. The lowest BCUT2D eigenvalue weighted by Gasteiger charge is -2.04. The van der Waals surface area contributed by atoms with E-state index in [0.717, 1.165) is 16.9 Å². The largest absolute Gasteiger partial charge is 0.494 e. The van der Waals surface area contributed by atoms with Gasteiger partial charge in [-0.25, -0.2) is 5.10 Å². The molecular weight excluding hydrogens is 320 g/mol. The molecule has 1 aromatic heterocycles. The van der Waals surface area contributed by atoms with E-state index in [1.165, 1.54) is 5.56 Å². The lowest BCUT2D eigenvalue weighted by atomic mass is 10.2. The molecule has 5 nitrogen and oxygen atoms in total. The summed E-state index contributed by atoms with van der Waals surface area (Å²) in [6.07, 6.45) is 1.77. The number of nitrogens with one attached hydrogen (secondary N) is 1. The fourth-order valence-electron chi connectivity index (χ4n) is 2.33. The quantitative estimate of drug-likeness (QED) is 0.560. The van der Waals surface area contributed by atoms with Gasteiger partial charge < -0.3 is 4.74 Å². The van der Waals surface area contributed by atoms with Gasteiger partial charge in [-0.15, -0.1) is 0 Å². The molecule has 6 heteroatoms. The van der Waals surface area contributed by atoms with Gasteiger partial charge in [0.1, 0.15) is 5.75 Å². The Morgan fingerprint density at radius 2 is 2.04 bits per heavy atom. The molecule has 24 heavy (non-hydrogen) atoms. The van der Waals surface area contributed by atoms with Gasteiger partial charge in [-0.3, -0.25) is 0 Å². The summed E-state index contributed by atoms with van der Waals surface area (Å²) < 4.78 is 7.53. The van der Waals surface area contributed by atoms with Gasteiger partial charge in [0.15, 0.2) is 5.82 Å². The van der Waals surface area contributed by atoms with Crippen molar-refractivity contribution in [3.8, 4) is 17.1 Å². The molecule has 0 radical (unpaired) electrons. The summed E-state index contributed by atoms with van der Waals surface area (Å²) >= 11 is 5.29. The summed E-state index contributed by atoms with van der Waals surface area (Å²) in [5, 5.41) is 11.6. The van der Waals surface area contributed by atoms with Crippen LogP contribution in [0.25, 0.3) is 11.4 Å². The summed E-state index contributed by atoms with van der Waals surface area (Å²) in [6.45, 7) is 4.64. The van der Waals surface area contributed by atoms with Crippen LogP contribution in [0, 0.1) is 11.7 Å². The zero-order valence-corrected chi connectivity index (χ0v) is 14.4. The van der Waals surface area contributed by atoms with E-state index < -0.39 is 0 Å². The van der Waals surface area contributed by atoms with Crippen molar-refractivity contribution in [2.24, 2.45) is 5.10 Å². The molecule has 0 bridgehead atoms. The van der Waals surface area contributed by atoms with Crippen LogP contribution in [0.4, 0.5) is 0 Å². The molecule has 1 N–H and O–H groups in total.